The highest BCUT2D eigenvalue weighted by Crippen LogP contribution is 2.10. The Bertz CT molecular complexity index is 401. The van der Waals surface area contributed by atoms with Crippen molar-refractivity contribution in [2.45, 2.75) is 26.0 Å². The zero-order valence-corrected chi connectivity index (χ0v) is 10.5. The number of piperidine rings is 1. The first-order chi connectivity index (χ1) is 8.79. The molecule has 3 N–H and O–H groups in total. The number of aliphatic hydroxyl groups excluding tert-OH is 1. The standard InChI is InChI=1S/C14H20N2O2/c17-10-12-4-1-3-11(7-12)8-16-14(18)13-5-2-6-15-9-13/h1,3-4,7,13,15,17H,2,5-6,8-10H2,(H,16,18)/t13-/m0/s1. The third kappa shape index (κ3) is 3.55. The molecule has 1 aromatic rings. The van der Waals surface area contributed by atoms with Crippen molar-refractivity contribution in [1.29, 1.82) is 0 Å². The van der Waals surface area contributed by atoms with Crippen molar-refractivity contribution in [3.8, 4) is 0 Å². The van der Waals surface area contributed by atoms with Crippen LogP contribution in [-0.2, 0) is 17.9 Å². The molecule has 1 aromatic carbocycles. The first-order valence-corrected chi connectivity index (χ1v) is 6.46. The average molecular weight is 248 g/mol. The van der Waals surface area contributed by atoms with E-state index in [1.165, 1.54) is 0 Å². The molecular weight excluding hydrogens is 228 g/mol. The molecule has 1 heterocycles. The summed E-state index contributed by atoms with van der Waals surface area (Å²) in [6.45, 7) is 2.36. The molecule has 4 heteroatoms. The Morgan fingerprint density at radius 1 is 1.44 bits per heavy atom. The Labute approximate surface area is 107 Å². The highest BCUT2D eigenvalue weighted by Gasteiger charge is 2.20. The molecule has 0 radical (unpaired) electrons. The number of benzene rings is 1. The van der Waals surface area contributed by atoms with E-state index in [0.29, 0.717) is 6.54 Å². The Balaban J connectivity index is 1.84. The maximum Gasteiger partial charge on any atom is 0.224 e. The third-order valence-electron chi connectivity index (χ3n) is 3.31. The number of carbonyl (C=O) groups is 1. The van der Waals surface area contributed by atoms with E-state index in [-0.39, 0.29) is 18.4 Å². The van der Waals surface area contributed by atoms with Crippen molar-refractivity contribution in [1.82, 2.24) is 10.6 Å². The topological polar surface area (TPSA) is 61.4 Å². The summed E-state index contributed by atoms with van der Waals surface area (Å²) in [7, 11) is 0. The minimum atomic E-state index is 0.0360. The minimum Gasteiger partial charge on any atom is -0.392 e. The minimum absolute atomic E-state index is 0.0360. The fraction of sp³-hybridized carbons (Fsp3) is 0.500. The summed E-state index contributed by atoms with van der Waals surface area (Å²) < 4.78 is 0. The van der Waals surface area contributed by atoms with Gasteiger partial charge in [-0.2, -0.15) is 0 Å². The molecule has 0 spiro atoms. The molecule has 0 aromatic heterocycles. The van der Waals surface area contributed by atoms with Gasteiger partial charge < -0.3 is 15.7 Å². The van der Waals surface area contributed by atoms with E-state index in [2.05, 4.69) is 10.6 Å². The Morgan fingerprint density at radius 3 is 3.00 bits per heavy atom. The molecule has 1 saturated heterocycles. The number of hydrogen-bond acceptors (Lipinski definition) is 3. The highest BCUT2D eigenvalue weighted by atomic mass is 16.3. The molecule has 98 valence electrons. The molecule has 0 saturated carbocycles. The number of aliphatic hydroxyl groups is 1. The molecule has 0 unspecified atom stereocenters. The van der Waals surface area contributed by atoms with E-state index < -0.39 is 0 Å². The SMILES string of the molecule is O=C(NCc1cccc(CO)c1)[C@H]1CCCNC1. The van der Waals surface area contributed by atoms with E-state index in [0.717, 1.165) is 37.1 Å². The lowest BCUT2D eigenvalue weighted by atomic mass is 9.99. The smallest absolute Gasteiger partial charge is 0.224 e. The van der Waals surface area contributed by atoms with Crippen LogP contribution in [-0.4, -0.2) is 24.1 Å². The second kappa shape index (κ2) is 6.52. The molecule has 1 aliphatic heterocycles. The van der Waals surface area contributed by atoms with Gasteiger partial charge in [0, 0.05) is 13.1 Å². The molecule has 1 aliphatic rings. The van der Waals surface area contributed by atoms with Crippen LogP contribution in [0.4, 0.5) is 0 Å². The van der Waals surface area contributed by atoms with E-state index >= 15 is 0 Å². The summed E-state index contributed by atoms with van der Waals surface area (Å²) in [5.41, 5.74) is 1.90. The lowest BCUT2D eigenvalue weighted by Crippen LogP contribution is -2.40. The number of nitrogens with one attached hydrogen (secondary N) is 2. The predicted molar refractivity (Wildman–Crippen MR) is 69.8 cm³/mol. The second-order valence-corrected chi connectivity index (χ2v) is 4.74. The van der Waals surface area contributed by atoms with Crippen LogP contribution in [0.25, 0.3) is 0 Å². The van der Waals surface area contributed by atoms with Crippen LogP contribution >= 0.6 is 0 Å². The lowest BCUT2D eigenvalue weighted by molar-refractivity contribution is -0.125. The van der Waals surface area contributed by atoms with Crippen LogP contribution in [0.3, 0.4) is 0 Å². The maximum absolute atomic E-state index is 11.9. The average Bonchev–Trinajstić information content (AvgIpc) is 2.46. The highest BCUT2D eigenvalue weighted by molar-refractivity contribution is 5.78. The van der Waals surface area contributed by atoms with Crippen LogP contribution in [0, 0.1) is 5.92 Å². The van der Waals surface area contributed by atoms with Gasteiger partial charge >= 0.3 is 0 Å². The van der Waals surface area contributed by atoms with Gasteiger partial charge in [-0.1, -0.05) is 24.3 Å². The van der Waals surface area contributed by atoms with Crippen LogP contribution in [0.1, 0.15) is 24.0 Å². The molecule has 4 nitrogen and oxygen atoms in total. The van der Waals surface area contributed by atoms with E-state index in [1.54, 1.807) is 0 Å². The predicted octanol–water partition coefficient (Wildman–Crippen LogP) is 0.795. The van der Waals surface area contributed by atoms with Crippen LogP contribution in [0.2, 0.25) is 0 Å². The third-order valence-corrected chi connectivity index (χ3v) is 3.31. The van der Waals surface area contributed by atoms with Crippen molar-refractivity contribution >= 4 is 5.91 Å². The largest absolute Gasteiger partial charge is 0.392 e. The number of amides is 1. The van der Waals surface area contributed by atoms with Gasteiger partial charge in [-0.25, -0.2) is 0 Å². The molecule has 0 bridgehead atoms. The Kier molecular flexibility index (Phi) is 4.73. The van der Waals surface area contributed by atoms with Crippen LogP contribution < -0.4 is 10.6 Å². The quantitative estimate of drug-likeness (QED) is 0.738. The van der Waals surface area contributed by atoms with Gasteiger partial charge in [-0.3, -0.25) is 4.79 Å². The van der Waals surface area contributed by atoms with Crippen molar-refractivity contribution in [3.05, 3.63) is 35.4 Å². The van der Waals surface area contributed by atoms with Crippen molar-refractivity contribution in [2.75, 3.05) is 13.1 Å². The van der Waals surface area contributed by atoms with Gasteiger partial charge in [0.15, 0.2) is 0 Å². The number of rotatable bonds is 4. The van der Waals surface area contributed by atoms with Gasteiger partial charge in [-0.15, -0.1) is 0 Å². The van der Waals surface area contributed by atoms with E-state index in [4.69, 9.17) is 5.11 Å². The first kappa shape index (κ1) is 13.1. The first-order valence-electron chi connectivity index (χ1n) is 6.46. The van der Waals surface area contributed by atoms with Crippen LogP contribution in [0.15, 0.2) is 24.3 Å². The monoisotopic (exact) mass is 248 g/mol. The fourth-order valence-electron chi connectivity index (χ4n) is 2.25. The maximum atomic E-state index is 11.9. The number of hydrogen-bond donors (Lipinski definition) is 3. The van der Waals surface area contributed by atoms with E-state index in [9.17, 15) is 4.79 Å². The van der Waals surface area contributed by atoms with Crippen molar-refractivity contribution in [3.63, 3.8) is 0 Å². The van der Waals surface area contributed by atoms with Crippen molar-refractivity contribution in [2.24, 2.45) is 5.92 Å². The van der Waals surface area contributed by atoms with Gasteiger partial charge in [0.05, 0.1) is 12.5 Å². The molecule has 18 heavy (non-hydrogen) atoms. The summed E-state index contributed by atoms with van der Waals surface area (Å²) in [5.74, 6) is 0.219. The van der Waals surface area contributed by atoms with Gasteiger partial charge in [0.2, 0.25) is 5.91 Å². The van der Waals surface area contributed by atoms with Crippen LogP contribution in [0.5, 0.6) is 0 Å². The molecule has 0 aliphatic carbocycles. The number of carbonyl (C=O) groups excluding carboxylic acids is 1. The summed E-state index contributed by atoms with van der Waals surface area (Å²) in [5, 5.41) is 15.2. The van der Waals surface area contributed by atoms with E-state index in [1.807, 2.05) is 24.3 Å². The molecule has 1 fully saturated rings. The molecule has 1 amide bonds. The fourth-order valence-corrected chi connectivity index (χ4v) is 2.25. The Hall–Kier alpha value is -1.39. The lowest BCUT2D eigenvalue weighted by Gasteiger charge is -2.21. The summed E-state index contributed by atoms with van der Waals surface area (Å²) in [4.78, 5) is 11.9. The second-order valence-electron chi connectivity index (χ2n) is 4.74. The molecular formula is C14H20N2O2. The zero-order chi connectivity index (χ0) is 12.8. The Morgan fingerprint density at radius 2 is 2.28 bits per heavy atom. The summed E-state index contributed by atoms with van der Waals surface area (Å²) in [6.07, 6.45) is 2.04. The zero-order valence-electron chi connectivity index (χ0n) is 10.5. The summed E-state index contributed by atoms with van der Waals surface area (Å²) >= 11 is 0. The normalized spacial score (nSPS) is 19.5. The van der Waals surface area contributed by atoms with Gasteiger partial charge in [-0.05, 0) is 30.5 Å². The van der Waals surface area contributed by atoms with Gasteiger partial charge in [0.1, 0.15) is 0 Å². The summed E-state index contributed by atoms with van der Waals surface area (Å²) in [6, 6.07) is 7.64. The van der Waals surface area contributed by atoms with Crippen molar-refractivity contribution < 1.29 is 9.90 Å². The van der Waals surface area contributed by atoms with Gasteiger partial charge in [0.25, 0.3) is 0 Å². The molecule has 1 atom stereocenters. The molecule has 2 rings (SSSR count).